The summed E-state index contributed by atoms with van der Waals surface area (Å²) in [6.45, 7) is 2.00. The van der Waals surface area contributed by atoms with Gasteiger partial charge >= 0.3 is 0 Å². The van der Waals surface area contributed by atoms with Crippen LogP contribution >= 0.6 is 0 Å². The Kier molecular flexibility index (Phi) is 5.30. The number of nitrogen functional groups attached to an aromatic ring is 1. The lowest BCUT2D eigenvalue weighted by atomic mass is 9.76. The van der Waals surface area contributed by atoms with Crippen LogP contribution in [0.25, 0.3) is 0 Å². The predicted octanol–water partition coefficient (Wildman–Crippen LogP) is 2.66. The summed E-state index contributed by atoms with van der Waals surface area (Å²) in [5, 5.41) is 10.1. The van der Waals surface area contributed by atoms with Gasteiger partial charge in [0.25, 0.3) is 0 Å². The molecule has 1 aromatic heterocycles. The zero-order chi connectivity index (χ0) is 16.8. The van der Waals surface area contributed by atoms with Crippen LogP contribution < -0.4 is 10.6 Å². The van der Waals surface area contributed by atoms with Crippen molar-refractivity contribution in [3.05, 3.63) is 48.2 Å². The van der Waals surface area contributed by atoms with Gasteiger partial charge in [0.1, 0.15) is 5.82 Å². The van der Waals surface area contributed by atoms with E-state index in [1.807, 2.05) is 12.1 Å². The van der Waals surface area contributed by atoms with Gasteiger partial charge in [-0.2, -0.15) is 4.98 Å². The lowest BCUT2D eigenvalue weighted by Gasteiger charge is -2.42. The normalized spacial score (nSPS) is 21.0. The summed E-state index contributed by atoms with van der Waals surface area (Å²) in [7, 11) is 0. The van der Waals surface area contributed by atoms with Gasteiger partial charge in [0.15, 0.2) is 0 Å². The molecule has 3 rings (SSSR count). The number of aliphatic hydroxyl groups excluding tert-OH is 1. The van der Waals surface area contributed by atoms with E-state index in [0.29, 0.717) is 5.95 Å². The van der Waals surface area contributed by atoms with E-state index in [1.165, 1.54) is 5.56 Å². The zero-order valence-electron chi connectivity index (χ0n) is 14.1. The maximum absolute atomic E-state index is 10.1. The summed E-state index contributed by atoms with van der Waals surface area (Å²) in [5.41, 5.74) is 7.03. The summed E-state index contributed by atoms with van der Waals surface area (Å²) < 4.78 is 0. The topological polar surface area (TPSA) is 75.3 Å². The van der Waals surface area contributed by atoms with Gasteiger partial charge < -0.3 is 15.7 Å². The van der Waals surface area contributed by atoms with Crippen molar-refractivity contribution in [1.29, 1.82) is 0 Å². The summed E-state index contributed by atoms with van der Waals surface area (Å²) >= 11 is 0. The monoisotopic (exact) mass is 326 g/mol. The SMILES string of the molecule is Nc1nccc(N2CCC[C@](CO)(CCCc3ccccc3)C2)n1. The molecule has 1 aliphatic rings. The number of piperidine rings is 1. The van der Waals surface area contributed by atoms with Crippen molar-refractivity contribution in [2.24, 2.45) is 5.41 Å². The Morgan fingerprint density at radius 1 is 1.21 bits per heavy atom. The molecule has 0 bridgehead atoms. The average Bonchev–Trinajstić information content (AvgIpc) is 2.63. The molecule has 5 nitrogen and oxygen atoms in total. The Labute approximate surface area is 143 Å². The number of nitrogens with two attached hydrogens (primary N) is 1. The second kappa shape index (κ2) is 7.62. The first-order chi connectivity index (χ1) is 11.7. The minimum atomic E-state index is -0.0489. The molecule has 0 spiro atoms. The van der Waals surface area contributed by atoms with Crippen LogP contribution in [0.4, 0.5) is 11.8 Å². The molecule has 128 valence electrons. The van der Waals surface area contributed by atoms with Gasteiger partial charge in [-0.05, 0) is 43.7 Å². The third kappa shape index (κ3) is 4.03. The molecule has 0 unspecified atom stereocenters. The number of aryl methyl sites for hydroxylation is 1. The summed E-state index contributed by atoms with van der Waals surface area (Å²) in [5.74, 6) is 1.17. The molecular formula is C19H26N4O. The Morgan fingerprint density at radius 2 is 2.04 bits per heavy atom. The van der Waals surface area contributed by atoms with E-state index in [4.69, 9.17) is 5.73 Å². The molecule has 0 radical (unpaired) electrons. The van der Waals surface area contributed by atoms with E-state index < -0.39 is 0 Å². The molecule has 0 amide bonds. The van der Waals surface area contributed by atoms with Crippen molar-refractivity contribution in [2.75, 3.05) is 30.3 Å². The molecule has 1 atom stereocenters. The first kappa shape index (κ1) is 16.7. The predicted molar refractivity (Wildman–Crippen MR) is 96.8 cm³/mol. The summed E-state index contributed by atoms with van der Waals surface area (Å²) in [6, 6.07) is 12.4. The van der Waals surface area contributed by atoms with Gasteiger partial charge in [0, 0.05) is 24.7 Å². The van der Waals surface area contributed by atoms with Crippen LogP contribution in [0.3, 0.4) is 0 Å². The van der Waals surface area contributed by atoms with Gasteiger partial charge in [0.05, 0.1) is 6.61 Å². The Balaban J connectivity index is 1.63. The molecule has 24 heavy (non-hydrogen) atoms. The van der Waals surface area contributed by atoms with Crippen molar-refractivity contribution in [3.63, 3.8) is 0 Å². The van der Waals surface area contributed by atoms with Crippen molar-refractivity contribution in [2.45, 2.75) is 32.1 Å². The van der Waals surface area contributed by atoms with Gasteiger partial charge in [-0.1, -0.05) is 30.3 Å². The third-order valence-electron chi connectivity index (χ3n) is 5.00. The van der Waals surface area contributed by atoms with Crippen LogP contribution in [0.15, 0.2) is 42.6 Å². The molecule has 2 heterocycles. The number of hydrogen-bond acceptors (Lipinski definition) is 5. The molecule has 1 aromatic carbocycles. The number of aromatic nitrogens is 2. The second-order valence-electron chi connectivity index (χ2n) is 6.80. The maximum atomic E-state index is 10.1. The molecule has 0 aliphatic carbocycles. The fourth-order valence-corrected chi connectivity index (χ4v) is 3.67. The second-order valence-corrected chi connectivity index (χ2v) is 6.80. The number of hydrogen-bond donors (Lipinski definition) is 2. The number of benzene rings is 1. The fourth-order valence-electron chi connectivity index (χ4n) is 3.67. The van der Waals surface area contributed by atoms with E-state index in [0.717, 1.165) is 51.0 Å². The van der Waals surface area contributed by atoms with Gasteiger partial charge in [-0.15, -0.1) is 0 Å². The average molecular weight is 326 g/mol. The maximum Gasteiger partial charge on any atom is 0.221 e. The highest BCUT2D eigenvalue weighted by molar-refractivity contribution is 5.41. The van der Waals surface area contributed by atoms with E-state index in [2.05, 4.69) is 39.1 Å². The molecule has 1 fully saturated rings. The smallest absolute Gasteiger partial charge is 0.221 e. The van der Waals surface area contributed by atoms with Crippen LogP contribution in [0.5, 0.6) is 0 Å². The largest absolute Gasteiger partial charge is 0.396 e. The van der Waals surface area contributed by atoms with Crippen LogP contribution in [0.1, 0.15) is 31.2 Å². The van der Waals surface area contributed by atoms with Gasteiger partial charge in [0.2, 0.25) is 5.95 Å². The van der Waals surface area contributed by atoms with Crippen molar-refractivity contribution in [1.82, 2.24) is 9.97 Å². The molecular weight excluding hydrogens is 300 g/mol. The molecule has 3 N–H and O–H groups in total. The molecule has 5 heteroatoms. The van der Waals surface area contributed by atoms with E-state index >= 15 is 0 Å². The van der Waals surface area contributed by atoms with Crippen molar-refractivity contribution < 1.29 is 5.11 Å². The number of rotatable bonds is 6. The van der Waals surface area contributed by atoms with Gasteiger partial charge in [-0.25, -0.2) is 4.98 Å². The van der Waals surface area contributed by atoms with Crippen molar-refractivity contribution in [3.8, 4) is 0 Å². The standard InChI is InChI=1S/C19H26N4O/c20-18-21-12-9-17(22-18)23-13-5-11-19(14-23,15-24)10-4-8-16-6-2-1-3-7-16/h1-3,6-7,9,12,24H,4-5,8,10-11,13-15H2,(H2,20,21,22)/t19-/m1/s1. The van der Waals surface area contributed by atoms with Crippen LogP contribution in [0, 0.1) is 5.41 Å². The first-order valence-corrected chi connectivity index (χ1v) is 8.69. The van der Waals surface area contributed by atoms with Crippen LogP contribution in [-0.4, -0.2) is 34.8 Å². The molecule has 2 aromatic rings. The summed E-state index contributed by atoms with van der Waals surface area (Å²) in [4.78, 5) is 10.5. The Hall–Kier alpha value is -2.14. The van der Waals surface area contributed by atoms with E-state index in [9.17, 15) is 5.11 Å². The summed E-state index contributed by atoms with van der Waals surface area (Å²) in [6.07, 6.45) is 7.00. The Bertz CT molecular complexity index is 649. The number of aliphatic hydroxyl groups is 1. The van der Waals surface area contributed by atoms with E-state index in [1.54, 1.807) is 6.20 Å². The lowest BCUT2D eigenvalue weighted by molar-refractivity contribution is 0.0939. The van der Waals surface area contributed by atoms with E-state index in [-0.39, 0.29) is 12.0 Å². The quantitative estimate of drug-likeness (QED) is 0.853. The lowest BCUT2D eigenvalue weighted by Crippen LogP contribution is -2.46. The minimum absolute atomic E-state index is 0.0489. The molecule has 1 saturated heterocycles. The highest BCUT2D eigenvalue weighted by Crippen LogP contribution is 2.36. The van der Waals surface area contributed by atoms with Gasteiger partial charge in [-0.3, -0.25) is 0 Å². The van der Waals surface area contributed by atoms with Crippen LogP contribution in [0.2, 0.25) is 0 Å². The minimum Gasteiger partial charge on any atom is -0.396 e. The highest BCUT2D eigenvalue weighted by atomic mass is 16.3. The first-order valence-electron chi connectivity index (χ1n) is 8.69. The molecule has 0 saturated carbocycles. The van der Waals surface area contributed by atoms with Crippen molar-refractivity contribution >= 4 is 11.8 Å². The highest BCUT2D eigenvalue weighted by Gasteiger charge is 2.35. The third-order valence-corrected chi connectivity index (χ3v) is 5.00. The zero-order valence-corrected chi connectivity index (χ0v) is 14.1. The van der Waals surface area contributed by atoms with Crippen LogP contribution in [-0.2, 0) is 6.42 Å². The number of nitrogens with zero attached hydrogens (tertiary/aromatic N) is 3. The molecule has 1 aliphatic heterocycles. The number of anilines is 2. The Morgan fingerprint density at radius 3 is 2.79 bits per heavy atom. The fraction of sp³-hybridized carbons (Fsp3) is 0.474.